The molecule has 0 amide bonds. The van der Waals surface area contributed by atoms with Crippen LogP contribution >= 0.6 is 0 Å². The highest BCUT2D eigenvalue weighted by Gasteiger charge is 2.31. The van der Waals surface area contributed by atoms with Gasteiger partial charge in [0.05, 0.1) is 18.9 Å². The second-order valence-corrected chi connectivity index (χ2v) is 4.41. The predicted octanol–water partition coefficient (Wildman–Crippen LogP) is 4.05. The fourth-order valence-corrected chi connectivity index (χ4v) is 2.17. The molecule has 2 aromatic carbocycles. The lowest BCUT2D eigenvalue weighted by molar-refractivity contribution is 0.267. The highest BCUT2D eigenvalue weighted by atomic mass is 16.5. The van der Waals surface area contributed by atoms with Gasteiger partial charge < -0.3 is 4.74 Å². The summed E-state index contributed by atoms with van der Waals surface area (Å²) in [4.78, 5) is 0. The maximum Gasteiger partial charge on any atom is 0.128 e. The third-order valence-electron chi connectivity index (χ3n) is 3.22. The first-order valence-electron chi connectivity index (χ1n) is 6.65. The van der Waals surface area contributed by atoms with Gasteiger partial charge in [0.1, 0.15) is 5.41 Å². The van der Waals surface area contributed by atoms with Crippen LogP contribution in [-0.4, -0.2) is 6.61 Å². The quantitative estimate of drug-likeness (QED) is 0.762. The largest absolute Gasteiger partial charge is 0.502 e. The van der Waals surface area contributed by atoms with Gasteiger partial charge in [-0.1, -0.05) is 60.7 Å². The van der Waals surface area contributed by atoms with E-state index in [0.29, 0.717) is 6.61 Å². The first kappa shape index (κ1) is 13.9. The Morgan fingerprint density at radius 3 is 1.90 bits per heavy atom. The Morgan fingerprint density at radius 1 is 1.00 bits per heavy atom. The van der Waals surface area contributed by atoms with Gasteiger partial charge in [0.2, 0.25) is 0 Å². The number of hydrogen-bond acceptors (Lipinski definition) is 2. The van der Waals surface area contributed by atoms with Gasteiger partial charge in [-0.2, -0.15) is 5.26 Å². The van der Waals surface area contributed by atoms with Crippen molar-refractivity contribution in [2.24, 2.45) is 0 Å². The summed E-state index contributed by atoms with van der Waals surface area (Å²) in [5.74, 6) is 0. The van der Waals surface area contributed by atoms with Crippen LogP contribution in [0.2, 0.25) is 0 Å². The Kier molecular flexibility index (Phi) is 4.57. The zero-order valence-corrected chi connectivity index (χ0v) is 11.5. The summed E-state index contributed by atoms with van der Waals surface area (Å²) < 4.78 is 5.30. The van der Waals surface area contributed by atoms with E-state index < -0.39 is 5.41 Å². The fourth-order valence-electron chi connectivity index (χ4n) is 2.17. The van der Waals surface area contributed by atoms with E-state index in [0.717, 1.165) is 11.1 Å². The van der Waals surface area contributed by atoms with Crippen molar-refractivity contribution in [3.05, 3.63) is 84.1 Å². The summed E-state index contributed by atoms with van der Waals surface area (Å²) in [6.07, 6.45) is 3.43. The molecule has 0 aliphatic heterocycles. The van der Waals surface area contributed by atoms with E-state index in [1.165, 1.54) is 0 Å². The summed E-state index contributed by atoms with van der Waals surface area (Å²) in [5, 5.41) is 9.83. The van der Waals surface area contributed by atoms with Gasteiger partial charge in [-0.05, 0) is 24.1 Å². The molecule has 2 heteroatoms. The maximum absolute atomic E-state index is 9.83. The van der Waals surface area contributed by atoms with E-state index in [1.807, 2.05) is 73.7 Å². The molecule has 0 spiro atoms. The van der Waals surface area contributed by atoms with Crippen LogP contribution in [0.4, 0.5) is 0 Å². The van der Waals surface area contributed by atoms with Gasteiger partial charge in [0, 0.05) is 0 Å². The minimum atomic E-state index is -0.822. The molecular weight excluding hydrogens is 246 g/mol. The van der Waals surface area contributed by atoms with Crippen molar-refractivity contribution in [3.63, 3.8) is 0 Å². The number of nitriles is 1. The molecule has 20 heavy (non-hydrogen) atoms. The molecule has 0 atom stereocenters. The fraction of sp³-hybridized carbons (Fsp3) is 0.167. The Labute approximate surface area is 119 Å². The average Bonchev–Trinajstić information content (AvgIpc) is 2.54. The molecule has 0 radical (unpaired) electrons. The van der Waals surface area contributed by atoms with Gasteiger partial charge in [-0.3, -0.25) is 0 Å². The molecule has 0 fully saturated rings. The predicted molar refractivity (Wildman–Crippen MR) is 80.0 cm³/mol. The van der Waals surface area contributed by atoms with Crippen molar-refractivity contribution in [2.45, 2.75) is 12.3 Å². The monoisotopic (exact) mass is 263 g/mol. The van der Waals surface area contributed by atoms with E-state index in [2.05, 4.69) is 6.07 Å². The van der Waals surface area contributed by atoms with Crippen LogP contribution in [-0.2, 0) is 10.2 Å². The Balaban J connectivity index is 2.56. The third kappa shape index (κ3) is 2.73. The van der Waals surface area contributed by atoms with E-state index in [9.17, 15) is 5.26 Å². The van der Waals surface area contributed by atoms with Gasteiger partial charge >= 0.3 is 0 Å². The van der Waals surface area contributed by atoms with Crippen molar-refractivity contribution in [3.8, 4) is 6.07 Å². The van der Waals surface area contributed by atoms with Crippen LogP contribution in [0.3, 0.4) is 0 Å². The van der Waals surface area contributed by atoms with Gasteiger partial charge in [-0.15, -0.1) is 0 Å². The first-order valence-corrected chi connectivity index (χ1v) is 6.65. The average molecular weight is 263 g/mol. The van der Waals surface area contributed by atoms with Crippen LogP contribution in [0.25, 0.3) is 0 Å². The van der Waals surface area contributed by atoms with Crippen molar-refractivity contribution in [1.82, 2.24) is 0 Å². The van der Waals surface area contributed by atoms with E-state index in [-0.39, 0.29) is 0 Å². The maximum atomic E-state index is 9.83. The van der Waals surface area contributed by atoms with Gasteiger partial charge in [0.15, 0.2) is 0 Å². The summed E-state index contributed by atoms with van der Waals surface area (Å²) in [5.41, 5.74) is 1.05. The lowest BCUT2D eigenvalue weighted by Gasteiger charge is -2.24. The van der Waals surface area contributed by atoms with Crippen molar-refractivity contribution in [1.29, 1.82) is 5.26 Å². The lowest BCUT2D eigenvalue weighted by Crippen LogP contribution is -2.23. The molecule has 0 aliphatic carbocycles. The molecule has 0 heterocycles. The molecular formula is C18H17NO. The summed E-state index contributed by atoms with van der Waals surface area (Å²) in [7, 11) is 0. The zero-order valence-electron chi connectivity index (χ0n) is 11.5. The highest BCUT2D eigenvalue weighted by Crippen LogP contribution is 2.33. The molecule has 0 aromatic heterocycles. The second kappa shape index (κ2) is 6.58. The van der Waals surface area contributed by atoms with Crippen LogP contribution in [0.5, 0.6) is 0 Å². The molecule has 0 aliphatic rings. The van der Waals surface area contributed by atoms with Crippen LogP contribution in [0.1, 0.15) is 18.1 Å². The van der Waals surface area contributed by atoms with Gasteiger partial charge in [0.25, 0.3) is 0 Å². The molecule has 0 unspecified atom stereocenters. The molecule has 0 N–H and O–H groups in total. The molecule has 0 bridgehead atoms. The van der Waals surface area contributed by atoms with E-state index in [1.54, 1.807) is 6.26 Å². The van der Waals surface area contributed by atoms with Crippen molar-refractivity contribution in [2.75, 3.05) is 6.61 Å². The summed E-state index contributed by atoms with van der Waals surface area (Å²) in [6.45, 7) is 2.50. The Hall–Kier alpha value is -2.53. The van der Waals surface area contributed by atoms with Gasteiger partial charge in [-0.25, -0.2) is 0 Å². The topological polar surface area (TPSA) is 33.0 Å². The number of nitrogens with zero attached hydrogens (tertiary/aromatic N) is 1. The lowest BCUT2D eigenvalue weighted by atomic mass is 9.76. The molecule has 0 saturated carbocycles. The Bertz CT molecular complexity index is 557. The number of benzene rings is 2. The van der Waals surface area contributed by atoms with Crippen LogP contribution in [0, 0.1) is 11.3 Å². The molecule has 2 rings (SSSR count). The highest BCUT2D eigenvalue weighted by molar-refractivity contribution is 5.50. The minimum absolute atomic E-state index is 0.585. The number of hydrogen-bond donors (Lipinski definition) is 0. The normalized spacial score (nSPS) is 11.2. The van der Waals surface area contributed by atoms with Crippen LogP contribution < -0.4 is 0 Å². The SMILES string of the molecule is CCO/C=C/C(C#N)(c1ccccc1)c1ccccc1. The molecule has 2 aromatic rings. The number of rotatable bonds is 5. The van der Waals surface area contributed by atoms with Crippen molar-refractivity contribution < 1.29 is 4.74 Å². The summed E-state index contributed by atoms with van der Waals surface area (Å²) >= 11 is 0. The zero-order chi connectivity index (χ0) is 14.3. The van der Waals surface area contributed by atoms with Crippen molar-refractivity contribution >= 4 is 0 Å². The smallest absolute Gasteiger partial charge is 0.128 e. The summed E-state index contributed by atoms with van der Waals surface area (Å²) in [6, 6.07) is 22.0. The molecule has 2 nitrogen and oxygen atoms in total. The number of allylic oxidation sites excluding steroid dienone is 1. The second-order valence-electron chi connectivity index (χ2n) is 4.41. The van der Waals surface area contributed by atoms with E-state index >= 15 is 0 Å². The van der Waals surface area contributed by atoms with E-state index in [4.69, 9.17) is 4.74 Å². The molecule has 100 valence electrons. The van der Waals surface area contributed by atoms with Crippen LogP contribution in [0.15, 0.2) is 73.0 Å². The Morgan fingerprint density at radius 2 is 1.50 bits per heavy atom. The minimum Gasteiger partial charge on any atom is -0.502 e. The third-order valence-corrected chi connectivity index (χ3v) is 3.22. The number of ether oxygens (including phenoxy) is 1. The first-order chi connectivity index (χ1) is 9.83. The standard InChI is InChI=1S/C18H17NO/c1-2-20-14-13-18(15-19,16-9-5-3-6-10-16)17-11-7-4-8-12-17/h3-14H,2H2,1H3/b14-13+. The molecule has 0 saturated heterocycles.